The predicted molar refractivity (Wildman–Crippen MR) is 171 cm³/mol. The van der Waals surface area contributed by atoms with Crippen molar-refractivity contribution in [3.05, 3.63) is 120 Å². The van der Waals surface area contributed by atoms with Crippen LogP contribution in [-0.2, 0) is 16.1 Å². The highest BCUT2D eigenvalue weighted by Crippen LogP contribution is 2.36. The zero-order valence-electron chi connectivity index (χ0n) is 25.8. The van der Waals surface area contributed by atoms with Gasteiger partial charge in [-0.15, -0.1) is 0 Å². The quantitative estimate of drug-likeness (QED) is 0.198. The molecule has 0 saturated heterocycles. The van der Waals surface area contributed by atoms with Crippen molar-refractivity contribution < 1.29 is 28.1 Å². The molecule has 0 radical (unpaired) electrons. The molecule has 0 bridgehead atoms. The largest absolute Gasteiger partial charge is 0.491 e. The van der Waals surface area contributed by atoms with E-state index in [1.54, 1.807) is 56.3 Å². The van der Waals surface area contributed by atoms with Crippen LogP contribution in [0.15, 0.2) is 87.8 Å². The Morgan fingerprint density at radius 3 is 2.49 bits per heavy atom. The number of thiazole rings is 1. The minimum atomic E-state index is -0.800. The van der Waals surface area contributed by atoms with Gasteiger partial charge in [0.25, 0.3) is 5.56 Å². The summed E-state index contributed by atoms with van der Waals surface area (Å²) in [4.78, 5) is 32.5. The highest BCUT2D eigenvalue weighted by molar-refractivity contribution is 7.07. The Kier molecular flexibility index (Phi) is 9.83. The number of fused-ring (bicyclic) bond motifs is 1. The van der Waals surface area contributed by atoms with Crippen LogP contribution in [0.3, 0.4) is 0 Å². The summed E-state index contributed by atoms with van der Waals surface area (Å²) in [6.45, 7) is 9.78. The number of esters is 1. The van der Waals surface area contributed by atoms with Gasteiger partial charge in [-0.05, 0) is 70.5 Å². The monoisotopic (exact) mass is 630 g/mol. The first-order valence-electron chi connectivity index (χ1n) is 14.8. The van der Waals surface area contributed by atoms with E-state index < -0.39 is 12.0 Å². The highest BCUT2D eigenvalue weighted by Gasteiger charge is 2.35. The molecule has 0 N–H and O–H groups in total. The number of aromatic nitrogens is 1. The van der Waals surface area contributed by atoms with E-state index in [0.29, 0.717) is 55.6 Å². The van der Waals surface area contributed by atoms with Crippen LogP contribution in [0.5, 0.6) is 17.2 Å². The number of allylic oxidation sites excluding steroid dienone is 1. The molecule has 1 aliphatic rings. The van der Waals surface area contributed by atoms with Crippen molar-refractivity contribution in [1.29, 1.82) is 0 Å². The second-order valence-electron chi connectivity index (χ2n) is 10.5. The first-order chi connectivity index (χ1) is 21.7. The molecule has 0 unspecified atom stereocenters. The molecule has 0 amide bonds. The smallest absolute Gasteiger partial charge is 0.338 e. The third-order valence-electron chi connectivity index (χ3n) is 7.00. The van der Waals surface area contributed by atoms with Crippen LogP contribution in [0, 0.1) is 5.82 Å². The number of carbonyl (C=O) groups is 1. The number of carbonyl (C=O) groups excluding carboxylic acids is 1. The third kappa shape index (κ3) is 6.86. The number of halogens is 1. The van der Waals surface area contributed by atoms with Crippen molar-refractivity contribution in [2.24, 2.45) is 4.99 Å². The van der Waals surface area contributed by atoms with Crippen molar-refractivity contribution in [3.63, 3.8) is 0 Å². The van der Waals surface area contributed by atoms with E-state index >= 15 is 0 Å². The average Bonchev–Trinajstić information content (AvgIpc) is 3.31. The lowest BCUT2D eigenvalue weighted by atomic mass is 9.95. The number of rotatable bonds is 11. The summed E-state index contributed by atoms with van der Waals surface area (Å²) in [5.41, 5.74) is 2.23. The summed E-state index contributed by atoms with van der Waals surface area (Å²) in [6.07, 6.45) is 1.63. The molecule has 1 aliphatic heterocycles. The predicted octanol–water partition coefficient (Wildman–Crippen LogP) is 5.70. The molecule has 45 heavy (non-hydrogen) atoms. The molecule has 0 saturated carbocycles. The summed E-state index contributed by atoms with van der Waals surface area (Å²) in [5.74, 6) is 0.602. The number of para-hydroxylation sites is 1. The van der Waals surface area contributed by atoms with Crippen molar-refractivity contribution in [2.45, 2.75) is 53.4 Å². The zero-order valence-corrected chi connectivity index (χ0v) is 26.7. The lowest BCUT2D eigenvalue weighted by molar-refractivity contribution is -0.139. The van der Waals surface area contributed by atoms with Crippen molar-refractivity contribution in [1.82, 2.24) is 4.57 Å². The van der Waals surface area contributed by atoms with Gasteiger partial charge in [-0.25, -0.2) is 14.2 Å². The summed E-state index contributed by atoms with van der Waals surface area (Å²) in [7, 11) is 0. The van der Waals surface area contributed by atoms with Crippen LogP contribution in [0.4, 0.5) is 4.39 Å². The average molecular weight is 631 g/mol. The third-order valence-corrected chi connectivity index (χ3v) is 7.98. The van der Waals surface area contributed by atoms with Gasteiger partial charge in [-0.3, -0.25) is 9.36 Å². The molecule has 8 nitrogen and oxygen atoms in total. The summed E-state index contributed by atoms with van der Waals surface area (Å²) in [5, 5.41) is 0. The minimum absolute atomic E-state index is 0.0365. The summed E-state index contributed by atoms with van der Waals surface area (Å²) < 4.78 is 39.4. The fraction of sp³-hybridized carbons (Fsp3) is 0.286. The van der Waals surface area contributed by atoms with Crippen LogP contribution in [0.2, 0.25) is 0 Å². The molecular weight excluding hydrogens is 595 g/mol. The maximum Gasteiger partial charge on any atom is 0.338 e. The van der Waals surface area contributed by atoms with Crippen molar-refractivity contribution >= 4 is 23.4 Å². The first-order valence-corrected chi connectivity index (χ1v) is 15.6. The second kappa shape index (κ2) is 13.9. The van der Waals surface area contributed by atoms with Crippen LogP contribution in [0.1, 0.15) is 57.4 Å². The SMILES string of the molecule is CCOC(=O)C1=C(C)N=c2s/c(=C/c3ccc(OCc4ccccc4F)c(OCC)c3)c(=O)n2[C@@H]1c1ccccc1OC(C)C. The Balaban J connectivity index is 1.59. The zero-order chi connectivity index (χ0) is 32.1. The number of hydrogen-bond donors (Lipinski definition) is 0. The molecule has 2 heterocycles. The fourth-order valence-electron chi connectivity index (χ4n) is 5.08. The molecule has 5 rings (SSSR count). The molecule has 234 valence electrons. The van der Waals surface area contributed by atoms with Gasteiger partial charge >= 0.3 is 5.97 Å². The lowest BCUT2D eigenvalue weighted by Gasteiger charge is -2.26. The van der Waals surface area contributed by atoms with Crippen molar-refractivity contribution in [3.8, 4) is 17.2 Å². The van der Waals surface area contributed by atoms with Gasteiger partial charge in [0.2, 0.25) is 0 Å². The molecule has 10 heteroatoms. The number of hydrogen-bond acceptors (Lipinski definition) is 8. The van der Waals surface area contributed by atoms with E-state index in [0.717, 1.165) is 0 Å². The fourth-order valence-corrected chi connectivity index (χ4v) is 6.12. The molecular formula is C35H35FN2O6S. The van der Waals surface area contributed by atoms with Gasteiger partial charge in [0.1, 0.15) is 24.2 Å². The lowest BCUT2D eigenvalue weighted by Crippen LogP contribution is -2.40. The first kappa shape index (κ1) is 31.7. The Hall–Kier alpha value is -4.70. The van der Waals surface area contributed by atoms with E-state index in [1.807, 2.05) is 45.0 Å². The molecule has 3 aromatic carbocycles. The van der Waals surface area contributed by atoms with Crippen molar-refractivity contribution in [2.75, 3.05) is 13.2 Å². The number of ether oxygens (including phenoxy) is 4. The molecule has 0 spiro atoms. The van der Waals surface area contributed by atoms with Gasteiger partial charge in [-0.1, -0.05) is 53.8 Å². The normalized spacial score (nSPS) is 14.6. The Morgan fingerprint density at radius 1 is 1.00 bits per heavy atom. The van der Waals surface area contributed by atoms with Crippen LogP contribution in [-0.4, -0.2) is 29.9 Å². The molecule has 0 fully saturated rings. The maximum atomic E-state index is 14.1. The number of nitrogens with zero attached hydrogens (tertiary/aromatic N) is 2. The van der Waals surface area contributed by atoms with Crippen LogP contribution < -0.4 is 29.1 Å². The number of benzene rings is 3. The van der Waals surface area contributed by atoms with Gasteiger partial charge in [0, 0.05) is 11.1 Å². The van der Waals surface area contributed by atoms with Gasteiger partial charge in [0.15, 0.2) is 16.3 Å². The minimum Gasteiger partial charge on any atom is -0.491 e. The van der Waals surface area contributed by atoms with E-state index in [9.17, 15) is 14.0 Å². The van der Waals surface area contributed by atoms with E-state index in [-0.39, 0.29) is 36.3 Å². The maximum absolute atomic E-state index is 14.1. The highest BCUT2D eigenvalue weighted by atomic mass is 32.1. The molecule has 4 aromatic rings. The molecule has 1 atom stereocenters. The van der Waals surface area contributed by atoms with Crippen LogP contribution >= 0.6 is 11.3 Å². The standard InChI is InChI=1S/C35H35FN2O6S/c1-6-41-29-18-23(16-17-28(29)43-20-24-12-8-10-14-26(24)36)19-30-33(39)38-32(25-13-9-11-15-27(25)44-21(3)4)31(34(40)42-7-2)22(5)37-35(38)45-30/h8-19,21,32H,6-7,20H2,1-5H3/b30-19+/t32-/m1/s1. The Labute approximate surface area is 264 Å². The van der Waals surface area contributed by atoms with E-state index in [1.165, 1.54) is 22.0 Å². The van der Waals surface area contributed by atoms with Gasteiger partial charge in [-0.2, -0.15) is 0 Å². The topological polar surface area (TPSA) is 88.4 Å². The Bertz CT molecular complexity index is 1930. The molecule has 1 aromatic heterocycles. The Morgan fingerprint density at radius 2 is 1.76 bits per heavy atom. The summed E-state index contributed by atoms with van der Waals surface area (Å²) >= 11 is 1.23. The van der Waals surface area contributed by atoms with Gasteiger partial charge < -0.3 is 18.9 Å². The summed E-state index contributed by atoms with van der Waals surface area (Å²) in [6, 6.07) is 18.3. The van der Waals surface area contributed by atoms with E-state index in [2.05, 4.69) is 4.99 Å². The molecule has 0 aliphatic carbocycles. The van der Waals surface area contributed by atoms with Gasteiger partial charge in [0.05, 0.1) is 35.1 Å². The second-order valence-corrected chi connectivity index (χ2v) is 11.5. The van der Waals surface area contributed by atoms with E-state index in [4.69, 9.17) is 18.9 Å². The van der Waals surface area contributed by atoms with Crippen LogP contribution in [0.25, 0.3) is 6.08 Å².